The van der Waals surface area contributed by atoms with E-state index < -0.39 is 0 Å². The Bertz CT molecular complexity index is 746. The maximum Gasteiger partial charge on any atom is 0.289 e. The Balaban J connectivity index is 1.40. The quantitative estimate of drug-likeness (QED) is 0.853. The van der Waals surface area contributed by atoms with Gasteiger partial charge in [0.05, 0.1) is 6.26 Å². The zero-order valence-electron chi connectivity index (χ0n) is 13.5. The third kappa shape index (κ3) is 2.60. The lowest BCUT2D eigenvalue weighted by Gasteiger charge is -2.32. The van der Waals surface area contributed by atoms with E-state index in [1.54, 1.807) is 17.0 Å². The SMILES string of the molecule is O=C(c1ccco1)N1CCC(C(=O)N2CCc3ccccc32)CC1. The molecule has 3 heterocycles. The van der Waals surface area contributed by atoms with E-state index in [2.05, 4.69) is 6.07 Å². The number of likely N-dealkylation sites (tertiary alicyclic amines) is 1. The van der Waals surface area contributed by atoms with Gasteiger partial charge in [0.25, 0.3) is 5.91 Å². The molecular formula is C19H20N2O3. The average molecular weight is 324 g/mol. The molecular weight excluding hydrogens is 304 g/mol. The largest absolute Gasteiger partial charge is 0.459 e. The van der Waals surface area contributed by atoms with E-state index in [1.165, 1.54) is 11.8 Å². The first-order valence-corrected chi connectivity index (χ1v) is 8.46. The zero-order valence-corrected chi connectivity index (χ0v) is 13.5. The Hall–Kier alpha value is -2.56. The van der Waals surface area contributed by atoms with Gasteiger partial charge in [-0.2, -0.15) is 0 Å². The minimum Gasteiger partial charge on any atom is -0.459 e. The fourth-order valence-electron chi connectivity index (χ4n) is 3.67. The van der Waals surface area contributed by atoms with Gasteiger partial charge in [-0.1, -0.05) is 18.2 Å². The van der Waals surface area contributed by atoms with Gasteiger partial charge in [0.15, 0.2) is 5.76 Å². The number of amides is 2. The normalized spacial score (nSPS) is 17.8. The van der Waals surface area contributed by atoms with Crippen LogP contribution < -0.4 is 4.90 Å². The van der Waals surface area contributed by atoms with E-state index in [1.807, 2.05) is 23.1 Å². The van der Waals surface area contributed by atoms with Crippen LogP contribution in [0, 0.1) is 5.92 Å². The fraction of sp³-hybridized carbons (Fsp3) is 0.368. The highest BCUT2D eigenvalue weighted by atomic mass is 16.3. The second kappa shape index (κ2) is 6.15. The predicted molar refractivity (Wildman–Crippen MR) is 89.8 cm³/mol. The lowest BCUT2D eigenvalue weighted by atomic mass is 9.95. The van der Waals surface area contributed by atoms with Crippen molar-refractivity contribution >= 4 is 17.5 Å². The monoisotopic (exact) mass is 324 g/mol. The molecule has 2 amide bonds. The lowest BCUT2D eigenvalue weighted by Crippen LogP contribution is -2.44. The number of rotatable bonds is 2. The highest BCUT2D eigenvalue weighted by Gasteiger charge is 2.33. The van der Waals surface area contributed by atoms with Crippen LogP contribution in [0.15, 0.2) is 47.1 Å². The Kier molecular flexibility index (Phi) is 3.84. The van der Waals surface area contributed by atoms with Gasteiger partial charge in [-0.15, -0.1) is 0 Å². The summed E-state index contributed by atoms with van der Waals surface area (Å²) in [6.07, 6.45) is 3.86. The highest BCUT2D eigenvalue weighted by molar-refractivity contribution is 5.97. The molecule has 0 bridgehead atoms. The number of carbonyl (C=O) groups is 2. The second-order valence-electron chi connectivity index (χ2n) is 6.41. The zero-order chi connectivity index (χ0) is 16.5. The fourth-order valence-corrected chi connectivity index (χ4v) is 3.67. The molecule has 0 spiro atoms. The third-order valence-corrected chi connectivity index (χ3v) is 5.02. The highest BCUT2D eigenvalue weighted by Crippen LogP contribution is 2.31. The maximum absolute atomic E-state index is 12.9. The van der Waals surface area contributed by atoms with Gasteiger partial charge in [-0.25, -0.2) is 0 Å². The van der Waals surface area contributed by atoms with Crippen molar-refractivity contribution < 1.29 is 14.0 Å². The Labute approximate surface area is 140 Å². The van der Waals surface area contributed by atoms with E-state index in [0.717, 1.165) is 18.7 Å². The number of fused-ring (bicyclic) bond motifs is 1. The number of hydrogen-bond donors (Lipinski definition) is 0. The van der Waals surface area contributed by atoms with Crippen LogP contribution in [0.25, 0.3) is 0 Å². The molecule has 0 saturated carbocycles. The van der Waals surface area contributed by atoms with Gasteiger partial charge in [0, 0.05) is 31.2 Å². The number of carbonyl (C=O) groups excluding carboxylic acids is 2. The van der Waals surface area contributed by atoms with E-state index in [0.29, 0.717) is 31.7 Å². The summed E-state index contributed by atoms with van der Waals surface area (Å²) < 4.78 is 5.18. The van der Waals surface area contributed by atoms with Gasteiger partial charge in [-0.3, -0.25) is 9.59 Å². The Morgan fingerprint density at radius 1 is 1.00 bits per heavy atom. The van der Waals surface area contributed by atoms with Crippen molar-refractivity contribution in [2.24, 2.45) is 5.92 Å². The van der Waals surface area contributed by atoms with Crippen molar-refractivity contribution in [3.63, 3.8) is 0 Å². The topological polar surface area (TPSA) is 53.8 Å². The molecule has 2 aliphatic rings. The molecule has 124 valence electrons. The summed E-state index contributed by atoms with van der Waals surface area (Å²) in [7, 11) is 0. The van der Waals surface area contributed by atoms with Crippen LogP contribution in [-0.4, -0.2) is 36.3 Å². The number of hydrogen-bond acceptors (Lipinski definition) is 3. The molecule has 1 aromatic heterocycles. The first-order chi connectivity index (χ1) is 11.7. The van der Waals surface area contributed by atoms with Crippen molar-refractivity contribution in [2.75, 3.05) is 24.5 Å². The Morgan fingerprint density at radius 2 is 1.79 bits per heavy atom. The van der Waals surface area contributed by atoms with E-state index in [9.17, 15) is 9.59 Å². The smallest absolute Gasteiger partial charge is 0.289 e. The molecule has 2 aromatic rings. The van der Waals surface area contributed by atoms with E-state index in [4.69, 9.17) is 4.42 Å². The molecule has 5 nitrogen and oxygen atoms in total. The molecule has 1 fully saturated rings. The van der Waals surface area contributed by atoms with Crippen LogP contribution in [0.3, 0.4) is 0 Å². The molecule has 0 aliphatic carbocycles. The third-order valence-electron chi connectivity index (χ3n) is 5.02. The lowest BCUT2D eigenvalue weighted by molar-refractivity contribution is -0.123. The molecule has 5 heteroatoms. The van der Waals surface area contributed by atoms with Crippen molar-refractivity contribution in [2.45, 2.75) is 19.3 Å². The molecule has 0 N–H and O–H groups in total. The number of piperidine rings is 1. The van der Waals surface area contributed by atoms with Crippen LogP contribution >= 0.6 is 0 Å². The average Bonchev–Trinajstić information content (AvgIpc) is 3.30. The molecule has 2 aliphatic heterocycles. The summed E-state index contributed by atoms with van der Waals surface area (Å²) >= 11 is 0. The van der Waals surface area contributed by atoms with Crippen LogP contribution in [0.4, 0.5) is 5.69 Å². The second-order valence-corrected chi connectivity index (χ2v) is 6.41. The molecule has 0 atom stereocenters. The summed E-state index contributed by atoms with van der Waals surface area (Å²) in [6.45, 7) is 1.97. The van der Waals surface area contributed by atoms with Gasteiger partial charge >= 0.3 is 0 Å². The Morgan fingerprint density at radius 3 is 2.54 bits per heavy atom. The number of para-hydroxylation sites is 1. The minimum absolute atomic E-state index is 0.00296. The van der Waals surface area contributed by atoms with Crippen LogP contribution in [0.2, 0.25) is 0 Å². The van der Waals surface area contributed by atoms with E-state index in [-0.39, 0.29) is 17.7 Å². The summed E-state index contributed by atoms with van der Waals surface area (Å²) in [4.78, 5) is 28.9. The summed E-state index contributed by atoms with van der Waals surface area (Å²) in [5, 5.41) is 0. The summed E-state index contributed by atoms with van der Waals surface area (Å²) in [6, 6.07) is 11.5. The van der Waals surface area contributed by atoms with Crippen LogP contribution in [0.1, 0.15) is 29.0 Å². The molecule has 4 rings (SSSR count). The minimum atomic E-state index is -0.0857. The van der Waals surface area contributed by atoms with Gasteiger partial charge in [0.2, 0.25) is 5.91 Å². The first-order valence-electron chi connectivity index (χ1n) is 8.46. The molecule has 0 unspecified atom stereocenters. The van der Waals surface area contributed by atoms with Gasteiger partial charge in [-0.05, 0) is 43.0 Å². The van der Waals surface area contributed by atoms with Crippen LogP contribution in [0.5, 0.6) is 0 Å². The number of furan rings is 1. The van der Waals surface area contributed by atoms with E-state index >= 15 is 0 Å². The number of benzene rings is 1. The van der Waals surface area contributed by atoms with Crippen molar-refractivity contribution in [3.05, 3.63) is 54.0 Å². The first kappa shape index (κ1) is 15.0. The number of anilines is 1. The van der Waals surface area contributed by atoms with Gasteiger partial charge < -0.3 is 14.2 Å². The maximum atomic E-state index is 12.9. The molecule has 1 saturated heterocycles. The number of nitrogens with zero attached hydrogens (tertiary/aromatic N) is 2. The summed E-state index contributed by atoms with van der Waals surface area (Å²) in [5.41, 5.74) is 2.30. The van der Waals surface area contributed by atoms with Crippen molar-refractivity contribution in [1.82, 2.24) is 4.90 Å². The molecule has 24 heavy (non-hydrogen) atoms. The predicted octanol–water partition coefficient (Wildman–Crippen LogP) is 2.72. The summed E-state index contributed by atoms with van der Waals surface area (Å²) in [5.74, 6) is 0.479. The van der Waals surface area contributed by atoms with Gasteiger partial charge in [0.1, 0.15) is 0 Å². The van der Waals surface area contributed by atoms with Crippen LogP contribution in [-0.2, 0) is 11.2 Å². The standard InChI is InChI=1S/C19H20N2O3/c22-18(21-12-9-14-4-1-2-5-16(14)21)15-7-10-20(11-8-15)19(23)17-6-3-13-24-17/h1-6,13,15H,7-12H2. The molecule has 1 aromatic carbocycles. The van der Waals surface area contributed by atoms with Crippen molar-refractivity contribution in [1.29, 1.82) is 0 Å². The van der Waals surface area contributed by atoms with Crippen molar-refractivity contribution in [3.8, 4) is 0 Å². The molecule has 0 radical (unpaired) electrons.